The second-order valence-electron chi connectivity index (χ2n) is 2.79. The maximum absolute atomic E-state index is 9.65. The van der Waals surface area contributed by atoms with E-state index in [9.17, 15) is 5.11 Å². The van der Waals surface area contributed by atoms with E-state index < -0.39 is 6.10 Å². The van der Waals surface area contributed by atoms with Crippen molar-refractivity contribution in [1.29, 1.82) is 0 Å². The van der Waals surface area contributed by atoms with Crippen LogP contribution in [0.2, 0.25) is 5.02 Å². The summed E-state index contributed by atoms with van der Waals surface area (Å²) in [5, 5.41) is 10.3. The normalized spacial score (nSPS) is 12.5. The van der Waals surface area contributed by atoms with Gasteiger partial charge in [-0.15, -0.1) is 0 Å². The first-order valence-electron chi connectivity index (χ1n) is 3.86. The molecule has 0 bridgehead atoms. The first-order chi connectivity index (χ1) is 6.09. The summed E-state index contributed by atoms with van der Waals surface area (Å²) in [5.74, 6) is 0. The van der Waals surface area contributed by atoms with Crippen LogP contribution in [0.4, 0.5) is 0 Å². The SMILES string of the molecule is C=C(Br)C[C@H](O)c1ccc(Cl)cc1. The summed E-state index contributed by atoms with van der Waals surface area (Å²) in [4.78, 5) is 0. The molecule has 1 aromatic carbocycles. The minimum atomic E-state index is -0.510. The number of hydrogen-bond donors (Lipinski definition) is 1. The van der Waals surface area contributed by atoms with Gasteiger partial charge in [-0.1, -0.05) is 46.2 Å². The molecule has 1 nitrogen and oxygen atoms in total. The molecule has 0 heterocycles. The molecule has 70 valence electrons. The highest BCUT2D eigenvalue weighted by Crippen LogP contribution is 2.23. The van der Waals surface area contributed by atoms with Crippen LogP contribution in [-0.2, 0) is 0 Å². The minimum Gasteiger partial charge on any atom is -0.388 e. The molecular weight excluding hydrogens is 251 g/mol. The van der Waals surface area contributed by atoms with Crippen molar-refractivity contribution in [3.63, 3.8) is 0 Å². The Bertz CT molecular complexity index is 294. The van der Waals surface area contributed by atoms with Crippen molar-refractivity contribution in [2.45, 2.75) is 12.5 Å². The first-order valence-corrected chi connectivity index (χ1v) is 5.03. The van der Waals surface area contributed by atoms with Gasteiger partial charge in [-0.2, -0.15) is 0 Å². The molecule has 0 spiro atoms. The first kappa shape index (κ1) is 10.8. The van der Waals surface area contributed by atoms with Gasteiger partial charge in [0.25, 0.3) is 0 Å². The standard InChI is InChI=1S/C10H10BrClO/c1-7(11)6-10(13)8-2-4-9(12)5-3-8/h2-5,10,13H,1,6H2/t10-/m0/s1. The van der Waals surface area contributed by atoms with Gasteiger partial charge < -0.3 is 5.11 Å². The molecule has 0 fully saturated rings. The zero-order valence-electron chi connectivity index (χ0n) is 7.00. The quantitative estimate of drug-likeness (QED) is 0.880. The molecule has 1 atom stereocenters. The molecule has 1 aromatic rings. The van der Waals surface area contributed by atoms with Crippen molar-refractivity contribution in [1.82, 2.24) is 0 Å². The topological polar surface area (TPSA) is 20.2 Å². The third-order valence-corrected chi connectivity index (χ3v) is 2.25. The van der Waals surface area contributed by atoms with Gasteiger partial charge in [0, 0.05) is 11.4 Å². The fourth-order valence-electron chi connectivity index (χ4n) is 1.01. The lowest BCUT2D eigenvalue weighted by molar-refractivity contribution is 0.181. The van der Waals surface area contributed by atoms with Crippen molar-refractivity contribution in [3.05, 3.63) is 45.9 Å². The molecule has 0 aliphatic rings. The number of aliphatic hydroxyl groups excluding tert-OH is 1. The summed E-state index contributed by atoms with van der Waals surface area (Å²) in [5.41, 5.74) is 0.852. The van der Waals surface area contributed by atoms with Crippen molar-refractivity contribution >= 4 is 27.5 Å². The van der Waals surface area contributed by atoms with E-state index in [1.54, 1.807) is 12.1 Å². The lowest BCUT2D eigenvalue weighted by atomic mass is 10.1. The van der Waals surface area contributed by atoms with Crippen LogP contribution in [0.1, 0.15) is 18.1 Å². The Morgan fingerprint density at radius 3 is 2.46 bits per heavy atom. The predicted octanol–water partition coefficient (Wildman–Crippen LogP) is 3.67. The molecule has 1 rings (SSSR count). The third kappa shape index (κ3) is 3.51. The highest BCUT2D eigenvalue weighted by molar-refractivity contribution is 9.11. The van der Waals surface area contributed by atoms with E-state index in [0.29, 0.717) is 11.4 Å². The summed E-state index contributed by atoms with van der Waals surface area (Å²) < 4.78 is 0.787. The maximum atomic E-state index is 9.65. The Labute approximate surface area is 91.2 Å². The van der Waals surface area contributed by atoms with E-state index >= 15 is 0 Å². The molecule has 0 saturated heterocycles. The summed E-state index contributed by atoms with van der Waals surface area (Å²) in [6.45, 7) is 3.67. The van der Waals surface area contributed by atoms with Gasteiger partial charge in [0.2, 0.25) is 0 Å². The maximum Gasteiger partial charge on any atom is 0.0835 e. The highest BCUT2D eigenvalue weighted by Gasteiger charge is 2.07. The monoisotopic (exact) mass is 260 g/mol. The van der Waals surface area contributed by atoms with E-state index in [4.69, 9.17) is 11.6 Å². The summed E-state index contributed by atoms with van der Waals surface area (Å²) in [6.07, 6.45) is 0.00545. The fourth-order valence-corrected chi connectivity index (χ4v) is 1.45. The predicted molar refractivity (Wildman–Crippen MR) is 59.1 cm³/mol. The van der Waals surface area contributed by atoms with Crippen molar-refractivity contribution in [2.75, 3.05) is 0 Å². The van der Waals surface area contributed by atoms with Crippen LogP contribution in [0, 0.1) is 0 Å². The van der Waals surface area contributed by atoms with Crippen molar-refractivity contribution in [3.8, 4) is 0 Å². The number of hydrogen-bond acceptors (Lipinski definition) is 1. The lowest BCUT2D eigenvalue weighted by Crippen LogP contribution is -1.96. The van der Waals surface area contributed by atoms with Crippen LogP contribution in [0.3, 0.4) is 0 Å². The average Bonchev–Trinajstić information content (AvgIpc) is 2.04. The third-order valence-electron chi connectivity index (χ3n) is 1.67. The van der Waals surface area contributed by atoms with E-state index in [-0.39, 0.29) is 0 Å². The molecule has 0 saturated carbocycles. The smallest absolute Gasteiger partial charge is 0.0835 e. The highest BCUT2D eigenvalue weighted by atomic mass is 79.9. The molecular formula is C10H10BrClO. The van der Waals surface area contributed by atoms with Gasteiger partial charge in [0.15, 0.2) is 0 Å². The minimum absolute atomic E-state index is 0.510. The lowest BCUT2D eigenvalue weighted by Gasteiger charge is -2.09. The Balaban J connectivity index is 2.71. The average molecular weight is 262 g/mol. The van der Waals surface area contributed by atoms with Gasteiger partial charge >= 0.3 is 0 Å². The van der Waals surface area contributed by atoms with E-state index in [1.807, 2.05) is 12.1 Å². The second kappa shape index (κ2) is 4.80. The molecule has 0 aliphatic heterocycles. The molecule has 1 N–H and O–H groups in total. The summed E-state index contributed by atoms with van der Waals surface area (Å²) in [6, 6.07) is 7.14. The summed E-state index contributed by atoms with van der Waals surface area (Å²) >= 11 is 8.92. The summed E-state index contributed by atoms with van der Waals surface area (Å²) in [7, 11) is 0. The number of benzene rings is 1. The van der Waals surface area contributed by atoms with E-state index in [2.05, 4.69) is 22.5 Å². The van der Waals surface area contributed by atoms with Gasteiger partial charge in [-0.05, 0) is 22.2 Å². The molecule has 0 aliphatic carbocycles. The molecule has 0 amide bonds. The molecule has 3 heteroatoms. The Morgan fingerprint density at radius 2 is 2.00 bits per heavy atom. The molecule has 0 unspecified atom stereocenters. The number of halogens is 2. The molecule has 0 aromatic heterocycles. The van der Waals surface area contributed by atoms with Crippen molar-refractivity contribution < 1.29 is 5.11 Å². The molecule has 13 heavy (non-hydrogen) atoms. The van der Waals surface area contributed by atoms with Crippen molar-refractivity contribution in [2.24, 2.45) is 0 Å². The van der Waals surface area contributed by atoms with Crippen LogP contribution in [0.5, 0.6) is 0 Å². The zero-order valence-corrected chi connectivity index (χ0v) is 9.35. The van der Waals surface area contributed by atoms with Gasteiger partial charge in [0.1, 0.15) is 0 Å². The largest absolute Gasteiger partial charge is 0.388 e. The van der Waals surface area contributed by atoms with Gasteiger partial charge in [0.05, 0.1) is 6.10 Å². The number of rotatable bonds is 3. The van der Waals surface area contributed by atoms with Crippen LogP contribution >= 0.6 is 27.5 Å². The zero-order chi connectivity index (χ0) is 9.84. The van der Waals surface area contributed by atoms with Crippen LogP contribution < -0.4 is 0 Å². The van der Waals surface area contributed by atoms with Gasteiger partial charge in [-0.25, -0.2) is 0 Å². The Morgan fingerprint density at radius 1 is 1.46 bits per heavy atom. The van der Waals surface area contributed by atoms with Crippen LogP contribution in [-0.4, -0.2) is 5.11 Å². The second-order valence-corrected chi connectivity index (χ2v) is 4.35. The number of aliphatic hydroxyl groups is 1. The van der Waals surface area contributed by atoms with Crippen LogP contribution in [0.25, 0.3) is 0 Å². The molecule has 0 radical (unpaired) electrons. The Hall–Kier alpha value is -0.310. The fraction of sp³-hybridized carbons (Fsp3) is 0.200. The van der Waals surface area contributed by atoms with E-state index in [1.165, 1.54) is 0 Å². The van der Waals surface area contributed by atoms with E-state index in [0.717, 1.165) is 10.0 Å². The van der Waals surface area contributed by atoms with Gasteiger partial charge in [-0.3, -0.25) is 0 Å². The van der Waals surface area contributed by atoms with Crippen LogP contribution in [0.15, 0.2) is 35.3 Å². The Kier molecular flexibility index (Phi) is 3.97.